The van der Waals surface area contributed by atoms with Crippen LogP contribution in [0.5, 0.6) is 0 Å². The number of benzene rings is 2. The summed E-state index contributed by atoms with van der Waals surface area (Å²) in [5.41, 5.74) is -0.720. The lowest BCUT2D eigenvalue weighted by molar-refractivity contribution is -0.384. The van der Waals surface area contributed by atoms with Gasteiger partial charge >= 0.3 is 10.7 Å². The smallest absolute Gasteiger partial charge is 0.392 e. The van der Waals surface area contributed by atoms with Crippen molar-refractivity contribution in [2.24, 2.45) is 0 Å². The van der Waals surface area contributed by atoms with Gasteiger partial charge in [0, 0.05) is 23.6 Å². The molecule has 0 spiro atoms. The van der Waals surface area contributed by atoms with Crippen molar-refractivity contribution in [3.63, 3.8) is 0 Å². The normalized spacial score (nSPS) is 12.0. The first kappa shape index (κ1) is 15.9. The molecule has 0 saturated carbocycles. The van der Waals surface area contributed by atoms with Gasteiger partial charge in [0.1, 0.15) is 5.58 Å². The highest BCUT2D eigenvalue weighted by atomic mass is 32.2. The first-order valence-electron chi connectivity index (χ1n) is 6.71. The number of nitro benzene ring substituents is 1. The summed E-state index contributed by atoms with van der Waals surface area (Å²) in [6.45, 7) is 0. The maximum absolute atomic E-state index is 12.4. The van der Waals surface area contributed by atoms with Gasteiger partial charge in [-0.05, 0) is 18.2 Å². The van der Waals surface area contributed by atoms with Crippen LogP contribution in [0.4, 0.5) is 5.69 Å². The Labute approximate surface area is 137 Å². The average molecular weight is 343 g/mol. The molecule has 2 aromatic carbocycles. The fourth-order valence-corrected chi connectivity index (χ4v) is 3.08. The van der Waals surface area contributed by atoms with Crippen molar-refractivity contribution in [3.8, 4) is 0 Å². The van der Waals surface area contributed by atoms with Gasteiger partial charge in [0.25, 0.3) is 5.69 Å². The largest absolute Gasteiger partial charge is 0.604 e. The van der Waals surface area contributed by atoms with Gasteiger partial charge in [-0.2, -0.15) is 0 Å². The highest BCUT2D eigenvalue weighted by molar-refractivity contribution is 8.06. The molecular weight excluding hydrogens is 334 g/mol. The molecule has 8 heteroatoms. The molecule has 0 bridgehead atoms. The van der Waals surface area contributed by atoms with Gasteiger partial charge in [-0.15, -0.1) is 0 Å². The minimum absolute atomic E-state index is 0.00601. The summed E-state index contributed by atoms with van der Waals surface area (Å²) >= 11 is -2.28. The van der Waals surface area contributed by atoms with Crippen LogP contribution in [0, 0.1) is 10.1 Å². The fraction of sp³-hybridized carbons (Fsp3) is 0. The highest BCUT2D eigenvalue weighted by Crippen LogP contribution is 2.20. The van der Waals surface area contributed by atoms with E-state index in [4.69, 9.17) is 4.42 Å². The topological polar surface area (TPSA) is 113 Å². The lowest BCUT2D eigenvalue weighted by Crippen LogP contribution is -2.22. The van der Waals surface area contributed by atoms with Crippen LogP contribution in [0.25, 0.3) is 11.0 Å². The van der Waals surface area contributed by atoms with E-state index in [0.29, 0.717) is 11.0 Å². The van der Waals surface area contributed by atoms with E-state index in [1.807, 2.05) is 0 Å². The number of fused-ring (bicyclic) bond motifs is 1. The number of nitrogens with zero attached hydrogens (tertiary/aromatic N) is 1. The molecule has 0 saturated heterocycles. The minimum Gasteiger partial charge on any atom is -0.604 e. The zero-order chi connectivity index (χ0) is 17.3. The molecular formula is C16H9NO6S. The Hall–Kier alpha value is -2.97. The molecule has 1 atom stereocenters. The van der Waals surface area contributed by atoms with Crippen molar-refractivity contribution in [3.05, 3.63) is 80.7 Å². The molecule has 3 aromatic rings. The summed E-state index contributed by atoms with van der Waals surface area (Å²) in [6, 6.07) is 12.7. The van der Waals surface area contributed by atoms with Gasteiger partial charge < -0.3 is 8.97 Å². The first-order valence-corrected chi connectivity index (χ1v) is 7.86. The second-order valence-electron chi connectivity index (χ2n) is 4.80. The molecule has 1 unspecified atom stereocenters. The molecule has 0 aliphatic heterocycles. The molecule has 0 aliphatic rings. The first-order chi connectivity index (χ1) is 11.5. The zero-order valence-electron chi connectivity index (χ0n) is 12.0. The number of carbonyl (C=O) groups excluding carboxylic acids is 1. The summed E-state index contributed by atoms with van der Waals surface area (Å²) < 4.78 is 17.5. The molecule has 24 heavy (non-hydrogen) atoms. The predicted molar refractivity (Wildman–Crippen MR) is 86.3 cm³/mol. The van der Waals surface area contributed by atoms with E-state index < -0.39 is 26.8 Å². The summed E-state index contributed by atoms with van der Waals surface area (Å²) in [5.74, 6) is 0. The van der Waals surface area contributed by atoms with Crippen LogP contribution in [-0.4, -0.2) is 14.6 Å². The van der Waals surface area contributed by atoms with Crippen molar-refractivity contribution in [1.82, 2.24) is 0 Å². The van der Waals surface area contributed by atoms with Crippen LogP contribution in [0.15, 0.2) is 68.7 Å². The summed E-state index contributed by atoms with van der Waals surface area (Å²) in [4.78, 5) is 34.0. The number of rotatable bonds is 3. The van der Waals surface area contributed by atoms with Crippen LogP contribution in [-0.2, 0) is 11.2 Å². The number of carbonyl (C=O) groups is 1. The van der Waals surface area contributed by atoms with Gasteiger partial charge in [0.15, 0.2) is 0 Å². The van der Waals surface area contributed by atoms with Gasteiger partial charge in [0.2, 0.25) is 4.90 Å². The number of hydrogen-bond donors (Lipinski definition) is 0. The maximum Gasteiger partial charge on any atom is 0.392 e. The van der Waals surface area contributed by atoms with Gasteiger partial charge in [-0.3, -0.25) is 10.1 Å². The summed E-state index contributed by atoms with van der Waals surface area (Å²) in [7, 11) is 0. The Morgan fingerprint density at radius 2 is 1.75 bits per heavy atom. The number of hydrogen-bond acceptors (Lipinski definition) is 6. The van der Waals surface area contributed by atoms with E-state index in [1.165, 1.54) is 18.2 Å². The molecule has 0 fully saturated rings. The molecule has 7 nitrogen and oxygen atoms in total. The van der Waals surface area contributed by atoms with Crippen molar-refractivity contribution in [2.75, 3.05) is 0 Å². The lowest BCUT2D eigenvalue weighted by atomic mass is 10.2. The van der Waals surface area contributed by atoms with E-state index in [1.54, 1.807) is 24.3 Å². The standard InChI is InChI=1S/C16H9NO6S/c18-15-14(9-11-3-1-2-4-13(11)23-15)24(22)16(19)10-5-7-12(8-6-10)17(20)21/h1-9H. The minimum atomic E-state index is -2.28. The van der Waals surface area contributed by atoms with E-state index in [0.717, 1.165) is 12.1 Å². The zero-order valence-corrected chi connectivity index (χ0v) is 12.8. The molecule has 0 N–H and O–H groups in total. The third-order valence-electron chi connectivity index (χ3n) is 3.29. The third kappa shape index (κ3) is 2.92. The van der Waals surface area contributed by atoms with Crippen molar-refractivity contribution in [2.45, 2.75) is 4.90 Å². The Morgan fingerprint density at radius 3 is 2.42 bits per heavy atom. The maximum atomic E-state index is 12.4. The van der Waals surface area contributed by atoms with Crippen molar-refractivity contribution < 1.29 is 18.7 Å². The molecule has 0 radical (unpaired) electrons. The number of non-ortho nitro benzene ring substituents is 1. The van der Waals surface area contributed by atoms with Gasteiger partial charge in [0.05, 0.1) is 21.7 Å². The Bertz CT molecular complexity index is 995. The van der Waals surface area contributed by atoms with Crippen LogP contribution in [0.1, 0.15) is 10.4 Å². The quantitative estimate of drug-likeness (QED) is 0.313. The second kappa shape index (κ2) is 6.26. The summed E-state index contributed by atoms with van der Waals surface area (Å²) in [5, 5.41) is 10.3. The van der Waals surface area contributed by atoms with Crippen LogP contribution >= 0.6 is 0 Å². The van der Waals surface area contributed by atoms with E-state index in [2.05, 4.69) is 0 Å². The lowest BCUT2D eigenvalue weighted by Gasteiger charge is -2.07. The monoisotopic (exact) mass is 343 g/mol. The molecule has 120 valence electrons. The van der Waals surface area contributed by atoms with Crippen molar-refractivity contribution in [1.29, 1.82) is 0 Å². The third-order valence-corrected chi connectivity index (χ3v) is 4.55. The average Bonchev–Trinajstić information content (AvgIpc) is 2.60. The van der Waals surface area contributed by atoms with E-state index in [-0.39, 0.29) is 16.1 Å². The second-order valence-corrected chi connectivity index (χ2v) is 6.14. The molecule has 3 rings (SSSR count). The molecule has 1 aromatic heterocycles. The Balaban J connectivity index is 1.97. The van der Waals surface area contributed by atoms with E-state index in [9.17, 15) is 24.3 Å². The molecule has 1 heterocycles. The van der Waals surface area contributed by atoms with Crippen molar-refractivity contribution >= 4 is 32.9 Å². The highest BCUT2D eigenvalue weighted by Gasteiger charge is 2.29. The number of nitro groups is 1. The SMILES string of the molecule is O=C(c1ccc([N+](=O)[O-])cc1)[S+]([O-])c1cc2ccccc2oc1=O. The van der Waals surface area contributed by atoms with Crippen LogP contribution < -0.4 is 5.63 Å². The Morgan fingerprint density at radius 1 is 1.08 bits per heavy atom. The predicted octanol–water partition coefficient (Wildman–Crippen LogP) is 2.65. The molecule has 0 amide bonds. The number of para-hydroxylation sites is 1. The van der Waals surface area contributed by atoms with Gasteiger partial charge in [-0.1, -0.05) is 18.2 Å². The van der Waals surface area contributed by atoms with E-state index >= 15 is 0 Å². The van der Waals surface area contributed by atoms with Gasteiger partial charge in [-0.25, -0.2) is 9.59 Å². The summed E-state index contributed by atoms with van der Waals surface area (Å²) in [6.07, 6.45) is 0. The molecule has 0 aliphatic carbocycles. The fourth-order valence-electron chi connectivity index (χ4n) is 2.10. The van der Waals surface area contributed by atoms with Crippen LogP contribution in [0.2, 0.25) is 0 Å². The van der Waals surface area contributed by atoms with Crippen LogP contribution in [0.3, 0.4) is 0 Å². The Kier molecular flexibility index (Phi) is 4.15.